The van der Waals surface area contributed by atoms with Gasteiger partial charge in [0.1, 0.15) is 0 Å². The molecular formula is C37H22N2. The SMILES string of the molecule is c1ccc(-n2c3ccc(-c4ccc5c6c(cccc46)-c4ccccc4-5)cc3c3c4ncccc4ccc32)cc1. The highest BCUT2D eigenvalue weighted by Gasteiger charge is 2.23. The Bertz CT molecular complexity index is 2240. The lowest BCUT2D eigenvalue weighted by Gasteiger charge is -2.11. The first-order valence-corrected chi connectivity index (χ1v) is 13.4. The quantitative estimate of drug-likeness (QED) is 0.234. The predicted octanol–water partition coefficient (Wildman–Crippen LogP) is 9.80. The molecule has 0 atom stereocenters. The average molecular weight is 495 g/mol. The Balaban J connectivity index is 1.37. The van der Waals surface area contributed by atoms with Gasteiger partial charge in [-0.05, 0) is 80.6 Å². The van der Waals surface area contributed by atoms with Crippen LogP contribution in [0.5, 0.6) is 0 Å². The molecule has 0 fully saturated rings. The fourth-order valence-corrected chi connectivity index (χ4v) is 6.73. The minimum atomic E-state index is 1.04. The lowest BCUT2D eigenvalue weighted by molar-refractivity contribution is 1.18. The average Bonchev–Trinajstić information content (AvgIpc) is 3.52. The van der Waals surface area contributed by atoms with Crippen molar-refractivity contribution in [1.29, 1.82) is 0 Å². The van der Waals surface area contributed by atoms with Gasteiger partial charge in [0.25, 0.3) is 0 Å². The van der Waals surface area contributed by atoms with E-state index >= 15 is 0 Å². The van der Waals surface area contributed by atoms with Gasteiger partial charge in [0.15, 0.2) is 0 Å². The Labute approximate surface area is 225 Å². The van der Waals surface area contributed by atoms with Crippen molar-refractivity contribution in [3.05, 3.63) is 134 Å². The van der Waals surface area contributed by atoms with E-state index in [9.17, 15) is 0 Å². The number of nitrogens with zero attached hydrogens (tertiary/aromatic N) is 2. The van der Waals surface area contributed by atoms with Crippen molar-refractivity contribution in [2.45, 2.75) is 0 Å². The molecule has 0 saturated heterocycles. The van der Waals surface area contributed by atoms with Gasteiger partial charge in [-0.15, -0.1) is 0 Å². The molecule has 2 heteroatoms. The Morgan fingerprint density at radius 3 is 2.08 bits per heavy atom. The van der Waals surface area contributed by atoms with Crippen LogP contribution in [0.25, 0.3) is 82.5 Å². The fraction of sp³-hybridized carbons (Fsp3) is 0. The second-order valence-electron chi connectivity index (χ2n) is 10.4. The van der Waals surface area contributed by atoms with Crippen molar-refractivity contribution in [3.8, 4) is 39.1 Å². The van der Waals surface area contributed by atoms with Crippen LogP contribution < -0.4 is 0 Å². The molecule has 8 aromatic rings. The maximum absolute atomic E-state index is 4.86. The van der Waals surface area contributed by atoms with Crippen LogP contribution >= 0.6 is 0 Å². The number of pyridine rings is 1. The highest BCUT2D eigenvalue weighted by Crippen LogP contribution is 2.49. The van der Waals surface area contributed by atoms with Crippen molar-refractivity contribution < 1.29 is 0 Å². The molecule has 2 nitrogen and oxygen atoms in total. The van der Waals surface area contributed by atoms with E-state index in [0.717, 1.165) is 16.6 Å². The molecule has 6 aromatic carbocycles. The summed E-state index contributed by atoms with van der Waals surface area (Å²) in [5.74, 6) is 0. The van der Waals surface area contributed by atoms with Crippen molar-refractivity contribution in [3.63, 3.8) is 0 Å². The third-order valence-corrected chi connectivity index (χ3v) is 8.37. The molecule has 0 unspecified atom stereocenters. The third-order valence-electron chi connectivity index (χ3n) is 8.37. The standard InChI is InChI=1S/C37H22N2/c1-2-9-25(10-3-1)39-33-19-16-24(22-32(33)36-34(39)20-15-23-8-7-21-38-37(23)36)26-17-18-31-28-12-5-4-11-27(28)30-14-6-13-29(26)35(30)31/h1-22H. The zero-order valence-corrected chi connectivity index (χ0v) is 21.1. The number of fused-ring (bicyclic) bond motifs is 8. The summed E-state index contributed by atoms with van der Waals surface area (Å²) in [5.41, 5.74) is 12.4. The van der Waals surface area contributed by atoms with Crippen molar-refractivity contribution in [2.75, 3.05) is 0 Å². The van der Waals surface area contributed by atoms with E-state index in [1.54, 1.807) is 0 Å². The Kier molecular flexibility index (Phi) is 4.08. The van der Waals surface area contributed by atoms with Crippen LogP contribution in [0.15, 0.2) is 134 Å². The van der Waals surface area contributed by atoms with Gasteiger partial charge in [-0.1, -0.05) is 91.0 Å². The van der Waals surface area contributed by atoms with Crippen LogP contribution in [-0.2, 0) is 0 Å². The van der Waals surface area contributed by atoms with E-state index in [-0.39, 0.29) is 0 Å². The van der Waals surface area contributed by atoms with E-state index in [1.807, 2.05) is 12.3 Å². The first-order valence-electron chi connectivity index (χ1n) is 13.4. The van der Waals surface area contributed by atoms with Crippen LogP contribution in [0.3, 0.4) is 0 Å². The molecule has 180 valence electrons. The molecule has 0 aliphatic heterocycles. The maximum atomic E-state index is 4.86. The first kappa shape index (κ1) is 20.8. The van der Waals surface area contributed by atoms with Gasteiger partial charge < -0.3 is 4.57 Å². The molecule has 0 spiro atoms. The van der Waals surface area contributed by atoms with Gasteiger partial charge in [0.2, 0.25) is 0 Å². The number of rotatable bonds is 2. The van der Waals surface area contributed by atoms with Crippen LogP contribution in [0, 0.1) is 0 Å². The molecule has 1 aliphatic rings. The molecule has 0 amide bonds. The number of hydrogen-bond acceptors (Lipinski definition) is 1. The highest BCUT2D eigenvalue weighted by atomic mass is 15.0. The predicted molar refractivity (Wildman–Crippen MR) is 163 cm³/mol. The van der Waals surface area contributed by atoms with Crippen LogP contribution in [0.1, 0.15) is 0 Å². The normalized spacial score (nSPS) is 12.1. The van der Waals surface area contributed by atoms with E-state index < -0.39 is 0 Å². The first-order chi connectivity index (χ1) is 19.4. The molecule has 1 aliphatic carbocycles. The molecule has 0 bridgehead atoms. The smallest absolute Gasteiger partial charge is 0.0802 e. The van der Waals surface area contributed by atoms with Crippen molar-refractivity contribution in [2.24, 2.45) is 0 Å². The summed E-state index contributed by atoms with van der Waals surface area (Å²) in [5, 5.41) is 6.24. The molecule has 9 rings (SSSR count). The number of benzene rings is 6. The van der Waals surface area contributed by atoms with Gasteiger partial charge >= 0.3 is 0 Å². The number of hydrogen-bond donors (Lipinski definition) is 0. The van der Waals surface area contributed by atoms with Crippen molar-refractivity contribution >= 4 is 43.5 Å². The molecule has 39 heavy (non-hydrogen) atoms. The summed E-state index contributed by atoms with van der Waals surface area (Å²) in [7, 11) is 0. The summed E-state index contributed by atoms with van der Waals surface area (Å²) >= 11 is 0. The Hall–Kier alpha value is -5.21. The number of para-hydroxylation sites is 1. The molecule has 2 aromatic heterocycles. The van der Waals surface area contributed by atoms with Gasteiger partial charge in [-0.2, -0.15) is 0 Å². The lowest BCUT2D eigenvalue weighted by atomic mass is 9.93. The minimum Gasteiger partial charge on any atom is -0.309 e. The maximum Gasteiger partial charge on any atom is 0.0802 e. The van der Waals surface area contributed by atoms with E-state index in [1.165, 1.54) is 66.0 Å². The van der Waals surface area contributed by atoms with E-state index in [2.05, 4.69) is 126 Å². The van der Waals surface area contributed by atoms with Crippen LogP contribution in [0.2, 0.25) is 0 Å². The topological polar surface area (TPSA) is 17.8 Å². The summed E-state index contributed by atoms with van der Waals surface area (Å²) < 4.78 is 2.37. The van der Waals surface area contributed by atoms with Gasteiger partial charge in [0, 0.05) is 28.0 Å². The molecule has 2 heterocycles. The minimum absolute atomic E-state index is 1.04. The van der Waals surface area contributed by atoms with Gasteiger partial charge in [-0.25, -0.2) is 0 Å². The van der Waals surface area contributed by atoms with E-state index in [0.29, 0.717) is 0 Å². The van der Waals surface area contributed by atoms with Gasteiger partial charge in [0.05, 0.1) is 16.6 Å². The lowest BCUT2D eigenvalue weighted by Crippen LogP contribution is -1.93. The largest absolute Gasteiger partial charge is 0.309 e. The highest BCUT2D eigenvalue weighted by molar-refractivity contribution is 6.22. The number of aromatic nitrogens is 2. The van der Waals surface area contributed by atoms with Crippen LogP contribution in [0.4, 0.5) is 0 Å². The Morgan fingerprint density at radius 2 is 1.21 bits per heavy atom. The van der Waals surface area contributed by atoms with Crippen molar-refractivity contribution in [1.82, 2.24) is 9.55 Å². The fourth-order valence-electron chi connectivity index (χ4n) is 6.73. The second kappa shape index (κ2) is 7.66. The summed E-state index contributed by atoms with van der Waals surface area (Å²) in [4.78, 5) is 4.86. The van der Waals surface area contributed by atoms with Crippen LogP contribution in [-0.4, -0.2) is 9.55 Å². The summed E-state index contributed by atoms with van der Waals surface area (Å²) in [6.07, 6.45) is 1.90. The summed E-state index contributed by atoms with van der Waals surface area (Å²) in [6.45, 7) is 0. The zero-order chi connectivity index (χ0) is 25.5. The molecule has 0 saturated carbocycles. The Morgan fingerprint density at radius 1 is 0.462 bits per heavy atom. The molecule has 0 N–H and O–H groups in total. The molecular weight excluding hydrogens is 472 g/mol. The molecule has 0 radical (unpaired) electrons. The zero-order valence-electron chi connectivity index (χ0n) is 21.1. The third kappa shape index (κ3) is 2.78. The summed E-state index contributed by atoms with van der Waals surface area (Å²) in [6, 6.07) is 46.3. The monoisotopic (exact) mass is 494 g/mol. The van der Waals surface area contributed by atoms with Gasteiger partial charge in [-0.3, -0.25) is 4.98 Å². The second-order valence-corrected chi connectivity index (χ2v) is 10.4. The van der Waals surface area contributed by atoms with E-state index in [4.69, 9.17) is 4.98 Å².